The SMILES string of the molecule is CN(C)C(=O)C1CCC(CNc2nn3cc(-c4cccnc4)nc3s2)O1. The Hall–Kier alpha value is -2.52. The average molecular weight is 372 g/mol. The van der Waals surface area contributed by atoms with Crippen LogP contribution in [-0.4, -0.2) is 63.2 Å². The summed E-state index contributed by atoms with van der Waals surface area (Å²) in [5.41, 5.74) is 1.82. The highest BCUT2D eigenvalue weighted by atomic mass is 32.1. The molecule has 1 aliphatic heterocycles. The first-order valence-corrected chi connectivity index (χ1v) is 9.29. The van der Waals surface area contributed by atoms with Crippen LogP contribution in [0.3, 0.4) is 0 Å². The monoisotopic (exact) mass is 372 g/mol. The van der Waals surface area contributed by atoms with Crippen molar-refractivity contribution in [3.05, 3.63) is 30.7 Å². The summed E-state index contributed by atoms with van der Waals surface area (Å²) in [6.07, 6.45) is 6.74. The van der Waals surface area contributed by atoms with Gasteiger partial charge in [0.2, 0.25) is 10.1 Å². The number of amides is 1. The highest BCUT2D eigenvalue weighted by molar-refractivity contribution is 7.20. The van der Waals surface area contributed by atoms with E-state index in [1.54, 1.807) is 35.9 Å². The summed E-state index contributed by atoms with van der Waals surface area (Å²) in [5, 5.41) is 8.60. The van der Waals surface area contributed by atoms with Gasteiger partial charge >= 0.3 is 0 Å². The third-order valence-electron chi connectivity index (χ3n) is 4.31. The van der Waals surface area contributed by atoms with Crippen LogP contribution in [0.4, 0.5) is 5.13 Å². The second-order valence-electron chi connectivity index (χ2n) is 6.44. The smallest absolute Gasteiger partial charge is 0.251 e. The van der Waals surface area contributed by atoms with Gasteiger partial charge in [-0.2, -0.15) is 0 Å². The quantitative estimate of drug-likeness (QED) is 0.736. The first kappa shape index (κ1) is 16.9. The number of fused-ring (bicyclic) bond motifs is 1. The minimum absolute atomic E-state index is 0.0195. The molecule has 9 heteroatoms. The Bertz CT molecular complexity index is 875. The number of rotatable bonds is 5. The van der Waals surface area contributed by atoms with Gasteiger partial charge in [0, 0.05) is 38.6 Å². The third-order valence-corrected chi connectivity index (χ3v) is 5.19. The van der Waals surface area contributed by atoms with Crippen LogP contribution in [0.15, 0.2) is 30.7 Å². The minimum atomic E-state index is -0.326. The van der Waals surface area contributed by atoms with Crippen molar-refractivity contribution in [1.29, 1.82) is 0 Å². The second-order valence-corrected chi connectivity index (χ2v) is 7.40. The molecule has 0 radical (unpaired) electrons. The van der Waals surface area contributed by atoms with Crippen LogP contribution in [-0.2, 0) is 9.53 Å². The maximum absolute atomic E-state index is 12.0. The van der Waals surface area contributed by atoms with Crippen molar-refractivity contribution in [3.63, 3.8) is 0 Å². The number of likely N-dealkylation sites (N-methyl/N-ethyl adjacent to an activating group) is 1. The largest absolute Gasteiger partial charge is 0.363 e. The number of aromatic nitrogens is 4. The number of nitrogens with zero attached hydrogens (tertiary/aromatic N) is 5. The maximum Gasteiger partial charge on any atom is 0.251 e. The maximum atomic E-state index is 12.0. The van der Waals surface area contributed by atoms with E-state index in [0.29, 0.717) is 6.54 Å². The lowest BCUT2D eigenvalue weighted by Gasteiger charge is -2.17. The van der Waals surface area contributed by atoms with Gasteiger partial charge in [0.15, 0.2) is 0 Å². The van der Waals surface area contributed by atoms with Crippen molar-refractivity contribution in [2.45, 2.75) is 25.0 Å². The van der Waals surface area contributed by atoms with E-state index in [2.05, 4.69) is 20.4 Å². The summed E-state index contributed by atoms with van der Waals surface area (Å²) in [5.74, 6) is 0.0307. The molecule has 3 aromatic rings. The normalized spacial score (nSPS) is 19.8. The fourth-order valence-corrected chi connectivity index (χ4v) is 3.74. The molecule has 1 saturated heterocycles. The molecular weight excluding hydrogens is 352 g/mol. The Morgan fingerprint density at radius 1 is 1.46 bits per heavy atom. The summed E-state index contributed by atoms with van der Waals surface area (Å²) in [6, 6.07) is 3.86. The first-order valence-electron chi connectivity index (χ1n) is 8.47. The van der Waals surface area contributed by atoms with Gasteiger partial charge in [-0.05, 0) is 25.0 Å². The summed E-state index contributed by atoms with van der Waals surface area (Å²) in [7, 11) is 3.50. The lowest BCUT2D eigenvalue weighted by atomic mass is 10.2. The van der Waals surface area contributed by atoms with Gasteiger partial charge in [0.05, 0.1) is 18.0 Å². The van der Waals surface area contributed by atoms with Crippen LogP contribution < -0.4 is 5.32 Å². The summed E-state index contributed by atoms with van der Waals surface area (Å²) < 4.78 is 7.60. The van der Waals surface area contributed by atoms with E-state index in [1.807, 2.05) is 18.3 Å². The molecule has 1 amide bonds. The number of carbonyl (C=O) groups excluding carboxylic acids is 1. The molecule has 0 aromatic carbocycles. The van der Waals surface area contributed by atoms with Crippen LogP contribution in [0.25, 0.3) is 16.2 Å². The van der Waals surface area contributed by atoms with Crippen molar-refractivity contribution in [2.75, 3.05) is 26.0 Å². The molecule has 1 fully saturated rings. The van der Waals surface area contributed by atoms with Crippen LogP contribution >= 0.6 is 11.3 Å². The Kier molecular flexibility index (Phi) is 4.56. The van der Waals surface area contributed by atoms with E-state index >= 15 is 0 Å². The van der Waals surface area contributed by atoms with Gasteiger partial charge < -0.3 is 15.0 Å². The van der Waals surface area contributed by atoms with Gasteiger partial charge in [-0.15, -0.1) is 5.10 Å². The zero-order chi connectivity index (χ0) is 18.1. The minimum Gasteiger partial charge on any atom is -0.363 e. The number of anilines is 1. The number of carbonyl (C=O) groups is 1. The molecule has 0 spiro atoms. The van der Waals surface area contributed by atoms with Crippen molar-refractivity contribution >= 4 is 27.3 Å². The predicted molar refractivity (Wildman–Crippen MR) is 99.2 cm³/mol. The number of pyridine rings is 1. The molecule has 0 aliphatic carbocycles. The molecule has 0 saturated carbocycles. The fourth-order valence-electron chi connectivity index (χ4n) is 2.95. The van der Waals surface area contributed by atoms with E-state index in [4.69, 9.17) is 4.74 Å². The highest BCUT2D eigenvalue weighted by Gasteiger charge is 2.31. The number of imidazole rings is 1. The predicted octanol–water partition coefficient (Wildman–Crippen LogP) is 1.90. The molecule has 1 N–H and O–H groups in total. The van der Waals surface area contributed by atoms with Gasteiger partial charge in [-0.25, -0.2) is 9.50 Å². The number of nitrogens with one attached hydrogen (secondary N) is 1. The van der Waals surface area contributed by atoms with Crippen molar-refractivity contribution < 1.29 is 9.53 Å². The van der Waals surface area contributed by atoms with Gasteiger partial charge in [0.1, 0.15) is 6.10 Å². The van der Waals surface area contributed by atoms with Crippen LogP contribution in [0, 0.1) is 0 Å². The summed E-state index contributed by atoms with van der Waals surface area (Å²) in [4.78, 5) is 23.1. The number of ether oxygens (including phenoxy) is 1. The van der Waals surface area contributed by atoms with E-state index in [1.165, 1.54) is 11.3 Å². The first-order chi connectivity index (χ1) is 12.6. The molecule has 1 aliphatic rings. The summed E-state index contributed by atoms with van der Waals surface area (Å²) >= 11 is 1.49. The van der Waals surface area contributed by atoms with Gasteiger partial charge in [-0.1, -0.05) is 11.3 Å². The molecule has 136 valence electrons. The average Bonchev–Trinajstić information content (AvgIpc) is 3.34. The molecule has 26 heavy (non-hydrogen) atoms. The van der Waals surface area contributed by atoms with Crippen LogP contribution in [0.5, 0.6) is 0 Å². The number of hydrogen-bond donors (Lipinski definition) is 1. The zero-order valence-corrected chi connectivity index (χ0v) is 15.4. The van der Waals surface area contributed by atoms with E-state index in [-0.39, 0.29) is 18.1 Å². The van der Waals surface area contributed by atoms with Crippen molar-refractivity contribution in [3.8, 4) is 11.3 Å². The fraction of sp³-hybridized carbons (Fsp3) is 0.412. The zero-order valence-electron chi connectivity index (χ0n) is 14.6. The van der Waals surface area contributed by atoms with E-state index in [9.17, 15) is 4.79 Å². The molecular formula is C17H20N6O2S. The lowest BCUT2D eigenvalue weighted by Crippen LogP contribution is -2.34. The standard InChI is InChI=1S/C17H20N6O2S/c1-22(2)15(24)14-6-5-12(25-14)9-19-16-21-23-10-13(20-17(23)26-16)11-4-3-7-18-8-11/h3-4,7-8,10,12,14H,5-6,9H2,1-2H3,(H,19,21). The van der Waals surface area contributed by atoms with E-state index in [0.717, 1.165) is 34.2 Å². The molecule has 4 rings (SSSR count). The lowest BCUT2D eigenvalue weighted by molar-refractivity contribution is -0.140. The molecule has 4 heterocycles. The molecule has 2 unspecified atom stereocenters. The Labute approximate surface area is 154 Å². The second kappa shape index (κ2) is 7.00. The topological polar surface area (TPSA) is 84.7 Å². The molecule has 0 bridgehead atoms. The molecule has 3 aromatic heterocycles. The third kappa shape index (κ3) is 3.40. The summed E-state index contributed by atoms with van der Waals surface area (Å²) in [6.45, 7) is 0.628. The van der Waals surface area contributed by atoms with Crippen LogP contribution in [0.2, 0.25) is 0 Å². The van der Waals surface area contributed by atoms with Crippen molar-refractivity contribution in [2.24, 2.45) is 0 Å². The Morgan fingerprint density at radius 3 is 3.08 bits per heavy atom. The Balaban J connectivity index is 1.37. The van der Waals surface area contributed by atoms with E-state index < -0.39 is 0 Å². The number of hydrogen-bond acceptors (Lipinski definition) is 7. The Morgan fingerprint density at radius 2 is 2.35 bits per heavy atom. The molecule has 8 nitrogen and oxygen atoms in total. The van der Waals surface area contributed by atoms with Crippen LogP contribution in [0.1, 0.15) is 12.8 Å². The van der Waals surface area contributed by atoms with Gasteiger partial charge in [0.25, 0.3) is 5.91 Å². The van der Waals surface area contributed by atoms with Gasteiger partial charge in [-0.3, -0.25) is 9.78 Å². The highest BCUT2D eigenvalue weighted by Crippen LogP contribution is 2.25. The molecule has 2 atom stereocenters. The van der Waals surface area contributed by atoms with Crippen molar-refractivity contribution in [1.82, 2.24) is 24.5 Å².